The zero-order chi connectivity index (χ0) is 20.1. The Bertz CT molecular complexity index is 825. The van der Waals surface area contributed by atoms with E-state index in [9.17, 15) is 4.79 Å². The highest BCUT2D eigenvalue weighted by molar-refractivity contribution is 5.95. The van der Waals surface area contributed by atoms with Gasteiger partial charge in [0.2, 0.25) is 0 Å². The molecule has 3 heterocycles. The Morgan fingerprint density at radius 2 is 1.62 bits per heavy atom. The minimum Gasteiger partial charge on any atom is -0.495 e. The van der Waals surface area contributed by atoms with Crippen LogP contribution in [-0.2, 0) is 0 Å². The monoisotopic (exact) mass is 394 g/mol. The van der Waals surface area contributed by atoms with Crippen LogP contribution in [0.5, 0.6) is 5.75 Å². The third-order valence-corrected chi connectivity index (χ3v) is 5.92. The number of hydrogen-bond donors (Lipinski definition) is 0. The van der Waals surface area contributed by atoms with E-state index in [1.54, 1.807) is 13.3 Å². The van der Waals surface area contributed by atoms with Crippen LogP contribution in [0, 0.1) is 0 Å². The SMILES string of the molecule is COc1ccccc1N1CCN(C(=O)c2ccnc(N3CCCCCC3)c2)CC1. The fourth-order valence-corrected chi connectivity index (χ4v) is 4.25. The van der Waals surface area contributed by atoms with Crippen LogP contribution in [0.1, 0.15) is 36.0 Å². The number of carbonyl (C=O) groups is 1. The number of rotatable bonds is 4. The summed E-state index contributed by atoms with van der Waals surface area (Å²) >= 11 is 0. The van der Waals surface area contributed by atoms with Crippen LogP contribution in [0.25, 0.3) is 0 Å². The molecule has 1 aromatic heterocycles. The topological polar surface area (TPSA) is 48.9 Å². The summed E-state index contributed by atoms with van der Waals surface area (Å²) in [6.45, 7) is 5.08. The lowest BCUT2D eigenvalue weighted by molar-refractivity contribution is 0.0746. The summed E-state index contributed by atoms with van der Waals surface area (Å²) in [7, 11) is 1.70. The fourth-order valence-electron chi connectivity index (χ4n) is 4.25. The molecule has 6 heteroatoms. The number of carbonyl (C=O) groups excluding carboxylic acids is 1. The predicted octanol–water partition coefficient (Wildman–Crippen LogP) is 3.43. The number of benzene rings is 1. The summed E-state index contributed by atoms with van der Waals surface area (Å²) < 4.78 is 5.49. The molecule has 0 radical (unpaired) electrons. The van der Waals surface area contributed by atoms with Crippen molar-refractivity contribution in [1.29, 1.82) is 0 Å². The fraction of sp³-hybridized carbons (Fsp3) is 0.478. The first-order valence-corrected chi connectivity index (χ1v) is 10.6. The number of pyridine rings is 1. The molecule has 29 heavy (non-hydrogen) atoms. The summed E-state index contributed by atoms with van der Waals surface area (Å²) in [5, 5.41) is 0. The molecule has 0 bridgehead atoms. The van der Waals surface area contributed by atoms with Crippen molar-refractivity contribution in [3.8, 4) is 5.75 Å². The van der Waals surface area contributed by atoms with Crippen LogP contribution >= 0.6 is 0 Å². The van der Waals surface area contributed by atoms with Gasteiger partial charge in [-0.2, -0.15) is 0 Å². The van der Waals surface area contributed by atoms with Crippen molar-refractivity contribution in [1.82, 2.24) is 9.88 Å². The van der Waals surface area contributed by atoms with Crippen molar-refractivity contribution in [3.05, 3.63) is 48.2 Å². The van der Waals surface area contributed by atoms with E-state index >= 15 is 0 Å². The number of hydrogen-bond acceptors (Lipinski definition) is 5. The summed E-state index contributed by atoms with van der Waals surface area (Å²) in [6.07, 6.45) is 6.74. The Labute approximate surface area is 173 Å². The van der Waals surface area contributed by atoms with E-state index in [-0.39, 0.29) is 5.91 Å². The quantitative estimate of drug-likeness (QED) is 0.795. The maximum atomic E-state index is 13.1. The van der Waals surface area contributed by atoms with E-state index in [0.29, 0.717) is 13.1 Å². The first kappa shape index (κ1) is 19.6. The van der Waals surface area contributed by atoms with E-state index < -0.39 is 0 Å². The lowest BCUT2D eigenvalue weighted by Crippen LogP contribution is -2.48. The first-order valence-electron chi connectivity index (χ1n) is 10.6. The molecule has 154 valence electrons. The second-order valence-electron chi connectivity index (χ2n) is 7.76. The third kappa shape index (κ3) is 4.47. The molecule has 1 amide bonds. The average Bonchev–Trinajstić information content (AvgIpc) is 3.08. The van der Waals surface area contributed by atoms with Gasteiger partial charge in [0.15, 0.2) is 0 Å². The molecule has 2 aromatic rings. The Hall–Kier alpha value is -2.76. The summed E-state index contributed by atoms with van der Waals surface area (Å²) in [6, 6.07) is 11.9. The van der Waals surface area contributed by atoms with E-state index in [2.05, 4.69) is 20.9 Å². The molecule has 6 nitrogen and oxygen atoms in total. The third-order valence-electron chi connectivity index (χ3n) is 5.92. The molecule has 0 saturated carbocycles. The molecule has 0 unspecified atom stereocenters. The van der Waals surface area contributed by atoms with Gasteiger partial charge >= 0.3 is 0 Å². The Morgan fingerprint density at radius 1 is 0.897 bits per heavy atom. The molecule has 2 aliphatic heterocycles. The zero-order valence-corrected chi connectivity index (χ0v) is 17.2. The maximum absolute atomic E-state index is 13.1. The van der Waals surface area contributed by atoms with Crippen molar-refractivity contribution in [2.75, 3.05) is 56.2 Å². The number of amides is 1. The Kier molecular flexibility index (Phi) is 6.17. The summed E-state index contributed by atoms with van der Waals surface area (Å²) in [4.78, 5) is 24.2. The van der Waals surface area contributed by atoms with Crippen LogP contribution in [0.2, 0.25) is 0 Å². The molecule has 0 spiro atoms. The Balaban J connectivity index is 1.41. The number of methoxy groups -OCH3 is 1. The van der Waals surface area contributed by atoms with Crippen molar-refractivity contribution in [3.63, 3.8) is 0 Å². The largest absolute Gasteiger partial charge is 0.495 e. The van der Waals surface area contributed by atoms with Crippen molar-refractivity contribution in [2.45, 2.75) is 25.7 Å². The Morgan fingerprint density at radius 3 is 2.34 bits per heavy atom. The van der Waals surface area contributed by atoms with Gasteiger partial charge < -0.3 is 19.4 Å². The van der Waals surface area contributed by atoms with E-state index in [1.165, 1.54) is 25.7 Å². The minimum atomic E-state index is 0.100. The first-order chi connectivity index (χ1) is 14.3. The normalized spacial score (nSPS) is 17.8. The van der Waals surface area contributed by atoms with Crippen LogP contribution in [-0.4, -0.2) is 62.2 Å². The highest BCUT2D eigenvalue weighted by Gasteiger charge is 2.24. The van der Waals surface area contributed by atoms with Crippen LogP contribution in [0.4, 0.5) is 11.5 Å². The molecule has 0 N–H and O–H groups in total. The standard InChI is InChI=1S/C23H30N4O2/c1-29-21-9-5-4-8-20(21)25-14-16-27(17-15-25)23(28)19-10-11-24-22(18-19)26-12-6-2-3-7-13-26/h4-5,8-11,18H,2-3,6-7,12-17H2,1H3. The lowest BCUT2D eigenvalue weighted by atomic mass is 10.2. The lowest BCUT2D eigenvalue weighted by Gasteiger charge is -2.36. The van der Waals surface area contributed by atoms with Gasteiger partial charge in [0.1, 0.15) is 11.6 Å². The molecular weight excluding hydrogens is 364 g/mol. The number of nitrogens with zero attached hydrogens (tertiary/aromatic N) is 4. The van der Waals surface area contributed by atoms with Gasteiger partial charge in [-0.15, -0.1) is 0 Å². The second-order valence-corrected chi connectivity index (χ2v) is 7.76. The number of piperazine rings is 1. The summed E-state index contributed by atoms with van der Waals surface area (Å²) in [5.41, 5.74) is 1.83. The van der Waals surface area contributed by atoms with E-state index in [4.69, 9.17) is 4.74 Å². The zero-order valence-electron chi connectivity index (χ0n) is 17.2. The minimum absolute atomic E-state index is 0.100. The smallest absolute Gasteiger partial charge is 0.254 e. The van der Waals surface area contributed by atoms with Gasteiger partial charge in [-0.05, 0) is 37.1 Å². The van der Waals surface area contributed by atoms with Crippen molar-refractivity contribution in [2.24, 2.45) is 0 Å². The molecule has 2 saturated heterocycles. The predicted molar refractivity (Wildman–Crippen MR) is 116 cm³/mol. The molecular formula is C23H30N4O2. The average molecular weight is 395 g/mol. The van der Waals surface area contributed by atoms with Gasteiger partial charge in [0.05, 0.1) is 12.8 Å². The van der Waals surface area contributed by atoms with Gasteiger partial charge in [-0.3, -0.25) is 4.79 Å². The number of anilines is 2. The van der Waals surface area contributed by atoms with Crippen LogP contribution in [0.15, 0.2) is 42.6 Å². The van der Waals surface area contributed by atoms with Gasteiger partial charge in [0.25, 0.3) is 5.91 Å². The van der Waals surface area contributed by atoms with Crippen LogP contribution in [0.3, 0.4) is 0 Å². The number of ether oxygens (including phenoxy) is 1. The van der Waals surface area contributed by atoms with Crippen molar-refractivity contribution < 1.29 is 9.53 Å². The number of aromatic nitrogens is 1. The maximum Gasteiger partial charge on any atom is 0.254 e. The molecule has 0 aliphatic carbocycles. The molecule has 1 aromatic carbocycles. The molecule has 2 fully saturated rings. The van der Waals surface area contributed by atoms with Gasteiger partial charge in [-0.1, -0.05) is 25.0 Å². The van der Waals surface area contributed by atoms with Crippen molar-refractivity contribution >= 4 is 17.4 Å². The van der Waals surface area contributed by atoms with Crippen LogP contribution < -0.4 is 14.5 Å². The summed E-state index contributed by atoms with van der Waals surface area (Å²) in [5.74, 6) is 1.91. The van der Waals surface area contributed by atoms with E-state index in [1.807, 2.05) is 35.2 Å². The number of para-hydroxylation sites is 2. The van der Waals surface area contributed by atoms with Gasteiger partial charge in [-0.25, -0.2) is 4.98 Å². The highest BCUT2D eigenvalue weighted by Crippen LogP contribution is 2.28. The molecule has 2 aliphatic rings. The van der Waals surface area contributed by atoms with Gasteiger partial charge in [0, 0.05) is 51.0 Å². The highest BCUT2D eigenvalue weighted by atomic mass is 16.5. The second kappa shape index (κ2) is 9.16. The molecule has 4 rings (SSSR count). The molecule has 0 atom stereocenters. The van der Waals surface area contributed by atoms with E-state index in [0.717, 1.165) is 49.0 Å².